The molecule has 2 rings (SSSR count). The fourth-order valence-electron chi connectivity index (χ4n) is 3.01. The lowest BCUT2D eigenvalue weighted by atomic mass is 9.89. The number of nitrogens with zero attached hydrogens (tertiary/aromatic N) is 1. The highest BCUT2D eigenvalue weighted by atomic mass is 16.4. The molecule has 1 aliphatic rings. The lowest BCUT2D eigenvalue weighted by molar-refractivity contribution is 0.0697. The molecule has 4 nitrogen and oxygen atoms in total. The van der Waals surface area contributed by atoms with E-state index in [2.05, 4.69) is 0 Å². The second-order valence-corrected chi connectivity index (χ2v) is 5.43. The second kappa shape index (κ2) is 5.95. The number of para-hydroxylation sites is 1. The van der Waals surface area contributed by atoms with Crippen molar-refractivity contribution < 1.29 is 9.90 Å². The van der Waals surface area contributed by atoms with Gasteiger partial charge in [-0.05, 0) is 30.9 Å². The van der Waals surface area contributed by atoms with Crippen LogP contribution < -0.4 is 10.6 Å². The number of nitrogen functional groups attached to an aromatic ring is 1. The van der Waals surface area contributed by atoms with E-state index in [0.29, 0.717) is 22.9 Å². The Morgan fingerprint density at radius 1 is 1.37 bits per heavy atom. The Balaban J connectivity index is 2.17. The largest absolute Gasteiger partial charge is 0.478 e. The van der Waals surface area contributed by atoms with Crippen LogP contribution in [0.2, 0.25) is 0 Å². The van der Waals surface area contributed by atoms with E-state index in [4.69, 9.17) is 5.73 Å². The third-order valence-electron chi connectivity index (χ3n) is 3.94. The van der Waals surface area contributed by atoms with Gasteiger partial charge in [-0.2, -0.15) is 0 Å². The van der Waals surface area contributed by atoms with Crippen LogP contribution in [0.3, 0.4) is 0 Å². The molecule has 0 aromatic heterocycles. The van der Waals surface area contributed by atoms with Crippen LogP contribution in [0.4, 0.5) is 11.4 Å². The zero-order chi connectivity index (χ0) is 13.8. The van der Waals surface area contributed by atoms with Crippen molar-refractivity contribution in [3.8, 4) is 0 Å². The number of anilines is 2. The van der Waals surface area contributed by atoms with Crippen molar-refractivity contribution in [2.45, 2.75) is 32.1 Å². The average molecular weight is 262 g/mol. The first kappa shape index (κ1) is 13.7. The fraction of sp³-hybridized carbons (Fsp3) is 0.533. The quantitative estimate of drug-likeness (QED) is 0.819. The normalized spacial score (nSPS) is 16.3. The Bertz CT molecular complexity index is 453. The Labute approximate surface area is 114 Å². The molecular formula is C15H22N2O2. The molecule has 1 saturated carbocycles. The SMILES string of the molecule is CN(CC1CCCCC1)c1c(N)cccc1C(=O)O. The Kier molecular flexibility index (Phi) is 4.30. The summed E-state index contributed by atoms with van der Waals surface area (Å²) in [4.78, 5) is 13.3. The maximum absolute atomic E-state index is 11.3. The van der Waals surface area contributed by atoms with Crippen LogP contribution in [0.15, 0.2) is 18.2 Å². The van der Waals surface area contributed by atoms with Crippen LogP contribution in [0.25, 0.3) is 0 Å². The van der Waals surface area contributed by atoms with E-state index in [1.165, 1.54) is 32.1 Å². The van der Waals surface area contributed by atoms with E-state index in [0.717, 1.165) is 6.54 Å². The van der Waals surface area contributed by atoms with Crippen LogP contribution >= 0.6 is 0 Å². The number of hydrogen-bond donors (Lipinski definition) is 2. The molecule has 104 valence electrons. The molecule has 0 unspecified atom stereocenters. The summed E-state index contributed by atoms with van der Waals surface area (Å²) in [6, 6.07) is 5.07. The van der Waals surface area contributed by atoms with E-state index in [-0.39, 0.29) is 0 Å². The van der Waals surface area contributed by atoms with Gasteiger partial charge in [0.25, 0.3) is 0 Å². The summed E-state index contributed by atoms with van der Waals surface area (Å²) in [7, 11) is 1.94. The Hall–Kier alpha value is -1.71. The van der Waals surface area contributed by atoms with E-state index >= 15 is 0 Å². The molecular weight excluding hydrogens is 240 g/mol. The molecule has 1 aromatic rings. The van der Waals surface area contributed by atoms with E-state index in [1.54, 1.807) is 18.2 Å². The Morgan fingerprint density at radius 2 is 2.05 bits per heavy atom. The monoisotopic (exact) mass is 262 g/mol. The maximum atomic E-state index is 11.3. The number of rotatable bonds is 4. The predicted octanol–water partition coefficient (Wildman–Crippen LogP) is 2.98. The molecule has 0 heterocycles. The summed E-state index contributed by atoms with van der Waals surface area (Å²) >= 11 is 0. The van der Waals surface area contributed by atoms with Gasteiger partial charge in [0.2, 0.25) is 0 Å². The number of carbonyl (C=O) groups is 1. The molecule has 0 spiro atoms. The van der Waals surface area contributed by atoms with Gasteiger partial charge >= 0.3 is 5.97 Å². The smallest absolute Gasteiger partial charge is 0.337 e. The maximum Gasteiger partial charge on any atom is 0.337 e. The first-order valence-corrected chi connectivity index (χ1v) is 6.92. The van der Waals surface area contributed by atoms with Gasteiger partial charge in [0, 0.05) is 13.6 Å². The third-order valence-corrected chi connectivity index (χ3v) is 3.94. The number of aromatic carboxylic acids is 1. The van der Waals surface area contributed by atoms with Gasteiger partial charge in [-0.1, -0.05) is 25.3 Å². The lowest BCUT2D eigenvalue weighted by Crippen LogP contribution is -2.28. The van der Waals surface area contributed by atoms with Gasteiger partial charge in [-0.3, -0.25) is 0 Å². The van der Waals surface area contributed by atoms with E-state index < -0.39 is 5.97 Å². The van der Waals surface area contributed by atoms with Crippen molar-refractivity contribution in [2.75, 3.05) is 24.2 Å². The molecule has 1 aliphatic carbocycles. The summed E-state index contributed by atoms with van der Waals surface area (Å²) in [5.41, 5.74) is 7.44. The van der Waals surface area contributed by atoms with Gasteiger partial charge in [0.1, 0.15) is 0 Å². The van der Waals surface area contributed by atoms with Crippen molar-refractivity contribution in [2.24, 2.45) is 5.92 Å². The van der Waals surface area contributed by atoms with Crippen LogP contribution in [-0.2, 0) is 0 Å². The molecule has 1 fully saturated rings. The third kappa shape index (κ3) is 3.19. The molecule has 0 aliphatic heterocycles. The summed E-state index contributed by atoms with van der Waals surface area (Å²) in [6.45, 7) is 0.883. The van der Waals surface area contributed by atoms with Gasteiger partial charge in [0.05, 0.1) is 16.9 Å². The summed E-state index contributed by atoms with van der Waals surface area (Å²) < 4.78 is 0. The van der Waals surface area contributed by atoms with Crippen LogP contribution in [0.1, 0.15) is 42.5 Å². The average Bonchev–Trinajstić information content (AvgIpc) is 2.39. The summed E-state index contributed by atoms with van der Waals surface area (Å²) in [5.74, 6) is -0.266. The van der Waals surface area contributed by atoms with Crippen molar-refractivity contribution in [1.29, 1.82) is 0 Å². The topological polar surface area (TPSA) is 66.6 Å². The molecule has 19 heavy (non-hydrogen) atoms. The van der Waals surface area contributed by atoms with Crippen molar-refractivity contribution in [3.63, 3.8) is 0 Å². The number of hydrogen-bond acceptors (Lipinski definition) is 3. The van der Waals surface area contributed by atoms with Gasteiger partial charge < -0.3 is 15.7 Å². The zero-order valence-corrected chi connectivity index (χ0v) is 11.4. The molecule has 0 atom stereocenters. The summed E-state index contributed by atoms with van der Waals surface area (Å²) in [6.07, 6.45) is 6.37. The standard InChI is InChI=1S/C15H22N2O2/c1-17(10-11-6-3-2-4-7-11)14-12(15(18)19)8-5-9-13(14)16/h5,8-9,11H,2-4,6-7,10,16H2,1H3,(H,18,19). The van der Waals surface area contributed by atoms with Crippen molar-refractivity contribution in [3.05, 3.63) is 23.8 Å². The molecule has 3 N–H and O–H groups in total. The zero-order valence-electron chi connectivity index (χ0n) is 11.4. The second-order valence-electron chi connectivity index (χ2n) is 5.43. The van der Waals surface area contributed by atoms with Gasteiger partial charge in [-0.15, -0.1) is 0 Å². The lowest BCUT2D eigenvalue weighted by Gasteiger charge is -2.29. The highest BCUT2D eigenvalue weighted by Crippen LogP contribution is 2.30. The molecule has 1 aromatic carbocycles. The van der Waals surface area contributed by atoms with Crippen LogP contribution in [0.5, 0.6) is 0 Å². The molecule has 0 radical (unpaired) electrons. The molecule has 4 heteroatoms. The van der Waals surface area contributed by atoms with Crippen LogP contribution in [-0.4, -0.2) is 24.7 Å². The summed E-state index contributed by atoms with van der Waals surface area (Å²) in [5, 5.41) is 9.26. The highest BCUT2D eigenvalue weighted by molar-refractivity contribution is 5.97. The molecule has 0 bridgehead atoms. The van der Waals surface area contributed by atoms with Crippen molar-refractivity contribution >= 4 is 17.3 Å². The van der Waals surface area contributed by atoms with E-state index in [1.807, 2.05) is 11.9 Å². The highest BCUT2D eigenvalue weighted by Gasteiger charge is 2.20. The predicted molar refractivity (Wildman–Crippen MR) is 77.7 cm³/mol. The fourth-order valence-corrected chi connectivity index (χ4v) is 3.01. The minimum atomic E-state index is -0.919. The molecule has 0 amide bonds. The Morgan fingerprint density at radius 3 is 2.68 bits per heavy atom. The first-order valence-electron chi connectivity index (χ1n) is 6.92. The minimum Gasteiger partial charge on any atom is -0.478 e. The van der Waals surface area contributed by atoms with E-state index in [9.17, 15) is 9.90 Å². The molecule has 0 saturated heterocycles. The van der Waals surface area contributed by atoms with Crippen molar-refractivity contribution in [1.82, 2.24) is 0 Å². The van der Waals surface area contributed by atoms with Gasteiger partial charge in [-0.25, -0.2) is 4.79 Å². The number of nitrogens with two attached hydrogens (primary N) is 1. The first-order chi connectivity index (χ1) is 9.09. The number of carboxylic acid groups (broad SMARTS) is 1. The van der Waals surface area contributed by atoms with Crippen LogP contribution in [0, 0.1) is 5.92 Å². The van der Waals surface area contributed by atoms with Gasteiger partial charge in [0.15, 0.2) is 0 Å². The number of benzene rings is 1. The number of carboxylic acids is 1. The minimum absolute atomic E-state index is 0.290.